The van der Waals surface area contributed by atoms with Gasteiger partial charge in [0, 0.05) is 6.54 Å². The van der Waals surface area contributed by atoms with Crippen molar-refractivity contribution in [1.29, 1.82) is 0 Å². The van der Waals surface area contributed by atoms with Crippen LogP contribution in [0.3, 0.4) is 0 Å². The second-order valence-electron chi connectivity index (χ2n) is 5.08. The van der Waals surface area contributed by atoms with Crippen LogP contribution in [0.4, 0.5) is 4.79 Å². The molecule has 1 heterocycles. The third-order valence-corrected chi connectivity index (χ3v) is 3.87. The van der Waals surface area contributed by atoms with E-state index in [0.29, 0.717) is 24.5 Å². The molecule has 1 aromatic rings. The molecule has 118 valence electrons. The van der Waals surface area contributed by atoms with Crippen LogP contribution < -0.4 is 10.6 Å². The summed E-state index contributed by atoms with van der Waals surface area (Å²) in [6.45, 7) is 7.48. The van der Waals surface area contributed by atoms with Gasteiger partial charge in [0.1, 0.15) is 5.76 Å². The molecule has 3 N–H and O–H groups in total. The van der Waals surface area contributed by atoms with Crippen LogP contribution in [0.2, 0.25) is 0 Å². The minimum absolute atomic E-state index is 0.0881. The van der Waals surface area contributed by atoms with Gasteiger partial charge < -0.3 is 20.2 Å². The number of carboxylic acids is 1. The first kappa shape index (κ1) is 17.0. The van der Waals surface area contributed by atoms with Crippen molar-refractivity contribution in [3.8, 4) is 0 Å². The molecule has 21 heavy (non-hydrogen) atoms. The van der Waals surface area contributed by atoms with Crippen LogP contribution in [-0.4, -0.2) is 28.6 Å². The van der Waals surface area contributed by atoms with Crippen LogP contribution in [0.1, 0.15) is 44.0 Å². The molecule has 7 nitrogen and oxygen atoms in total. The topological polar surface area (TPSA) is 104 Å². The predicted molar refractivity (Wildman–Crippen MR) is 76.9 cm³/mol. The number of oxazole rings is 1. The summed E-state index contributed by atoms with van der Waals surface area (Å²) in [5.41, 5.74) is -0.137. The van der Waals surface area contributed by atoms with Crippen LogP contribution in [-0.2, 0) is 11.3 Å². The van der Waals surface area contributed by atoms with Crippen LogP contribution in [0.15, 0.2) is 4.42 Å². The van der Waals surface area contributed by atoms with Crippen molar-refractivity contribution in [2.45, 2.75) is 47.1 Å². The summed E-state index contributed by atoms with van der Waals surface area (Å²) >= 11 is 0. The smallest absolute Gasteiger partial charge is 0.315 e. The van der Waals surface area contributed by atoms with Gasteiger partial charge in [-0.2, -0.15) is 0 Å². The molecule has 0 radical (unpaired) electrons. The minimum Gasteiger partial charge on any atom is -0.481 e. The van der Waals surface area contributed by atoms with E-state index in [9.17, 15) is 14.7 Å². The first-order valence-corrected chi connectivity index (χ1v) is 7.02. The van der Waals surface area contributed by atoms with E-state index in [0.717, 1.165) is 5.69 Å². The average molecular weight is 297 g/mol. The first-order valence-electron chi connectivity index (χ1n) is 7.02. The molecule has 0 fully saturated rings. The second kappa shape index (κ2) is 7.10. The van der Waals surface area contributed by atoms with Crippen molar-refractivity contribution in [2.24, 2.45) is 5.41 Å². The molecule has 0 aliphatic heterocycles. The second-order valence-corrected chi connectivity index (χ2v) is 5.08. The summed E-state index contributed by atoms with van der Waals surface area (Å²) in [5, 5.41) is 14.5. The van der Waals surface area contributed by atoms with E-state index in [1.54, 1.807) is 20.8 Å². The zero-order valence-electron chi connectivity index (χ0n) is 12.9. The third kappa shape index (κ3) is 4.21. The highest BCUT2D eigenvalue weighted by Crippen LogP contribution is 2.25. The third-order valence-electron chi connectivity index (χ3n) is 3.87. The lowest BCUT2D eigenvalue weighted by atomic mass is 9.82. The number of aromatic nitrogens is 1. The number of rotatable bonds is 7. The average Bonchev–Trinajstić information content (AvgIpc) is 2.77. The quantitative estimate of drug-likeness (QED) is 0.714. The van der Waals surface area contributed by atoms with E-state index in [1.807, 2.05) is 6.92 Å². The van der Waals surface area contributed by atoms with E-state index in [4.69, 9.17) is 4.42 Å². The maximum absolute atomic E-state index is 11.7. The van der Waals surface area contributed by atoms with Gasteiger partial charge in [0.25, 0.3) is 0 Å². The Morgan fingerprint density at radius 1 is 1.24 bits per heavy atom. The summed E-state index contributed by atoms with van der Waals surface area (Å²) in [5.74, 6) is 0.247. The monoisotopic (exact) mass is 297 g/mol. The molecule has 0 spiro atoms. The van der Waals surface area contributed by atoms with Crippen molar-refractivity contribution < 1.29 is 19.1 Å². The number of hydrogen-bond acceptors (Lipinski definition) is 4. The van der Waals surface area contributed by atoms with Crippen molar-refractivity contribution >= 4 is 12.0 Å². The number of hydrogen-bond donors (Lipinski definition) is 3. The molecule has 0 saturated carbocycles. The lowest BCUT2D eigenvalue weighted by Crippen LogP contribution is -2.45. The fraction of sp³-hybridized carbons (Fsp3) is 0.643. The van der Waals surface area contributed by atoms with Gasteiger partial charge in [-0.3, -0.25) is 4.79 Å². The molecular formula is C14H23N3O4. The zero-order chi connectivity index (χ0) is 16.0. The molecule has 2 amide bonds. The van der Waals surface area contributed by atoms with Gasteiger partial charge in [-0.05, 0) is 26.7 Å². The number of carboxylic acid groups (broad SMARTS) is 1. The molecule has 0 saturated heterocycles. The van der Waals surface area contributed by atoms with Gasteiger partial charge in [-0.25, -0.2) is 9.78 Å². The van der Waals surface area contributed by atoms with Crippen LogP contribution in [0, 0.1) is 19.3 Å². The molecule has 1 rings (SSSR count). The number of nitrogens with zero attached hydrogens (tertiary/aromatic N) is 1. The van der Waals surface area contributed by atoms with Crippen LogP contribution in [0.25, 0.3) is 0 Å². The Morgan fingerprint density at radius 3 is 2.29 bits per heavy atom. The largest absolute Gasteiger partial charge is 0.481 e. The lowest BCUT2D eigenvalue weighted by Gasteiger charge is -2.26. The Labute approximate surface area is 124 Å². The summed E-state index contributed by atoms with van der Waals surface area (Å²) in [6, 6.07) is -0.434. The van der Waals surface area contributed by atoms with Crippen LogP contribution in [0.5, 0.6) is 0 Å². The van der Waals surface area contributed by atoms with Gasteiger partial charge in [0.2, 0.25) is 5.89 Å². The summed E-state index contributed by atoms with van der Waals surface area (Å²) < 4.78 is 5.34. The van der Waals surface area contributed by atoms with E-state index in [-0.39, 0.29) is 13.1 Å². The van der Waals surface area contributed by atoms with Gasteiger partial charge in [0.05, 0.1) is 17.7 Å². The number of urea groups is 1. The normalized spacial score (nSPS) is 11.2. The number of carbonyl (C=O) groups excluding carboxylic acids is 1. The fourth-order valence-corrected chi connectivity index (χ4v) is 1.96. The SMILES string of the molecule is CCC(CC)(CNC(=O)NCc1nc(C)c(C)o1)C(=O)O. The summed E-state index contributed by atoms with van der Waals surface area (Å²) in [7, 11) is 0. The Balaban J connectivity index is 2.48. The molecule has 0 aliphatic rings. The number of amides is 2. The van der Waals surface area contributed by atoms with Gasteiger partial charge >= 0.3 is 12.0 Å². The van der Waals surface area contributed by atoms with Crippen molar-refractivity contribution in [2.75, 3.05) is 6.54 Å². The molecule has 1 aromatic heterocycles. The fourth-order valence-electron chi connectivity index (χ4n) is 1.96. The van der Waals surface area contributed by atoms with E-state index in [1.165, 1.54) is 0 Å². The minimum atomic E-state index is -0.923. The lowest BCUT2D eigenvalue weighted by molar-refractivity contribution is -0.149. The van der Waals surface area contributed by atoms with Crippen molar-refractivity contribution in [3.63, 3.8) is 0 Å². The highest BCUT2D eigenvalue weighted by Gasteiger charge is 2.35. The number of aryl methyl sites for hydroxylation is 2. The molecular weight excluding hydrogens is 274 g/mol. The molecule has 0 aliphatic carbocycles. The van der Waals surface area contributed by atoms with Gasteiger partial charge in [0.15, 0.2) is 0 Å². The zero-order valence-corrected chi connectivity index (χ0v) is 12.9. The Morgan fingerprint density at radius 2 is 1.86 bits per heavy atom. The van der Waals surface area contributed by atoms with E-state index in [2.05, 4.69) is 15.6 Å². The number of nitrogens with one attached hydrogen (secondary N) is 2. The Hall–Kier alpha value is -2.05. The summed E-state index contributed by atoms with van der Waals surface area (Å²) in [6.07, 6.45) is 0.911. The number of aliphatic carboxylic acids is 1. The van der Waals surface area contributed by atoms with E-state index < -0.39 is 17.4 Å². The molecule has 0 bridgehead atoms. The number of carbonyl (C=O) groups is 2. The standard InChI is InChI=1S/C14H23N3O4/c1-5-14(6-2,12(18)19)8-16-13(20)15-7-11-17-9(3)10(4)21-11/h5-8H2,1-4H3,(H,18,19)(H2,15,16,20). The maximum atomic E-state index is 11.7. The predicted octanol–water partition coefficient (Wildman–Crippen LogP) is 1.98. The molecule has 7 heteroatoms. The van der Waals surface area contributed by atoms with Crippen molar-refractivity contribution in [1.82, 2.24) is 15.6 Å². The van der Waals surface area contributed by atoms with Crippen molar-refractivity contribution in [3.05, 3.63) is 17.3 Å². The Kier molecular flexibility index (Phi) is 5.75. The molecule has 0 aromatic carbocycles. The van der Waals surface area contributed by atoms with E-state index >= 15 is 0 Å². The highest BCUT2D eigenvalue weighted by atomic mass is 16.4. The first-order chi connectivity index (χ1) is 9.84. The van der Waals surface area contributed by atoms with Crippen LogP contribution >= 0.6 is 0 Å². The van der Waals surface area contributed by atoms with Gasteiger partial charge in [-0.1, -0.05) is 13.8 Å². The Bertz CT molecular complexity index is 487. The molecule has 0 unspecified atom stereocenters. The summed E-state index contributed by atoms with van der Waals surface area (Å²) in [4.78, 5) is 27.2. The van der Waals surface area contributed by atoms with Gasteiger partial charge in [-0.15, -0.1) is 0 Å². The molecule has 0 atom stereocenters. The highest BCUT2D eigenvalue weighted by molar-refractivity contribution is 5.78. The maximum Gasteiger partial charge on any atom is 0.315 e.